The lowest BCUT2D eigenvalue weighted by Crippen LogP contribution is -2.42. The Hall–Kier alpha value is -1.88. The Kier molecular flexibility index (Phi) is 5.25. The van der Waals surface area contributed by atoms with Crippen LogP contribution in [0.1, 0.15) is 38.2 Å². The van der Waals surface area contributed by atoms with Crippen molar-refractivity contribution < 1.29 is 4.79 Å². The molecule has 2 aromatic heterocycles. The first-order valence-electron chi connectivity index (χ1n) is 10.2. The van der Waals surface area contributed by atoms with E-state index in [1.807, 2.05) is 12.3 Å². The topological polar surface area (TPSA) is 41.4 Å². The highest BCUT2D eigenvalue weighted by molar-refractivity contribution is 5.80. The molecule has 5 heteroatoms. The van der Waals surface area contributed by atoms with E-state index in [-0.39, 0.29) is 5.92 Å². The minimum absolute atomic E-state index is 0.260. The zero-order valence-corrected chi connectivity index (χ0v) is 15.9. The highest BCUT2D eigenvalue weighted by Gasteiger charge is 2.29. The van der Waals surface area contributed by atoms with Gasteiger partial charge in [-0.2, -0.15) is 0 Å². The third kappa shape index (κ3) is 3.50. The summed E-state index contributed by atoms with van der Waals surface area (Å²) < 4.78 is 2.24. The predicted molar refractivity (Wildman–Crippen MR) is 104 cm³/mol. The van der Waals surface area contributed by atoms with Gasteiger partial charge in [0.2, 0.25) is 5.91 Å². The molecule has 4 rings (SSSR count). The van der Waals surface area contributed by atoms with Crippen molar-refractivity contribution in [3.63, 3.8) is 0 Å². The maximum atomic E-state index is 12.6. The molecule has 2 aliphatic rings. The Balaban J connectivity index is 1.32. The number of aryl methyl sites for hydroxylation is 1. The first-order valence-corrected chi connectivity index (χ1v) is 10.2. The zero-order valence-electron chi connectivity index (χ0n) is 15.9. The molecule has 5 nitrogen and oxygen atoms in total. The van der Waals surface area contributed by atoms with Gasteiger partial charge in [-0.3, -0.25) is 4.79 Å². The van der Waals surface area contributed by atoms with Crippen molar-refractivity contribution in [2.45, 2.75) is 45.6 Å². The summed E-state index contributed by atoms with van der Waals surface area (Å²) in [5, 5.41) is 1.29. The number of pyridine rings is 1. The highest BCUT2D eigenvalue weighted by atomic mass is 16.2. The third-order valence-corrected chi connectivity index (χ3v) is 6.11. The summed E-state index contributed by atoms with van der Waals surface area (Å²) >= 11 is 0. The van der Waals surface area contributed by atoms with Crippen molar-refractivity contribution >= 4 is 16.9 Å². The van der Waals surface area contributed by atoms with E-state index in [1.54, 1.807) is 0 Å². The molecule has 2 aromatic rings. The Bertz CT molecular complexity index is 754. The maximum absolute atomic E-state index is 12.6. The minimum atomic E-state index is 0.260. The van der Waals surface area contributed by atoms with Crippen molar-refractivity contribution in [1.29, 1.82) is 0 Å². The monoisotopic (exact) mass is 354 g/mol. The number of nitrogens with zero attached hydrogens (tertiary/aromatic N) is 4. The molecule has 0 saturated carbocycles. The van der Waals surface area contributed by atoms with Crippen LogP contribution in [0.15, 0.2) is 24.5 Å². The molecular weight excluding hydrogens is 324 g/mol. The van der Waals surface area contributed by atoms with Gasteiger partial charge in [-0.1, -0.05) is 0 Å². The number of piperidine rings is 1. The molecule has 0 aromatic carbocycles. The second-order valence-electron chi connectivity index (χ2n) is 7.71. The summed E-state index contributed by atoms with van der Waals surface area (Å²) in [6.07, 6.45) is 9.61. The van der Waals surface area contributed by atoms with E-state index in [2.05, 4.69) is 38.5 Å². The smallest absolute Gasteiger partial charge is 0.225 e. The van der Waals surface area contributed by atoms with E-state index in [1.165, 1.54) is 23.8 Å². The van der Waals surface area contributed by atoms with Crippen LogP contribution in [0.4, 0.5) is 0 Å². The number of hydrogen-bond acceptors (Lipinski definition) is 3. The Morgan fingerprint density at radius 1 is 1.19 bits per heavy atom. The molecule has 0 aliphatic carbocycles. The van der Waals surface area contributed by atoms with Gasteiger partial charge in [0.15, 0.2) is 0 Å². The lowest BCUT2D eigenvalue weighted by Gasteiger charge is -2.33. The molecule has 26 heavy (non-hydrogen) atoms. The summed E-state index contributed by atoms with van der Waals surface area (Å²) in [6.45, 7) is 8.26. The van der Waals surface area contributed by atoms with Crippen LogP contribution < -0.4 is 0 Å². The molecule has 0 radical (unpaired) electrons. The lowest BCUT2D eigenvalue weighted by atomic mass is 9.95. The average molecular weight is 354 g/mol. The van der Waals surface area contributed by atoms with E-state index in [9.17, 15) is 4.79 Å². The summed E-state index contributed by atoms with van der Waals surface area (Å²) in [5.74, 6) is 0.676. The normalized spacial score (nSPS) is 19.5. The van der Waals surface area contributed by atoms with Crippen LogP contribution >= 0.6 is 0 Å². The van der Waals surface area contributed by atoms with Crippen molar-refractivity contribution in [3.05, 3.63) is 30.1 Å². The zero-order chi connectivity index (χ0) is 17.9. The second-order valence-corrected chi connectivity index (χ2v) is 7.71. The number of aromatic nitrogens is 2. The number of likely N-dealkylation sites (tertiary alicyclic amines) is 2. The van der Waals surface area contributed by atoms with E-state index >= 15 is 0 Å². The van der Waals surface area contributed by atoms with E-state index in [0.29, 0.717) is 5.91 Å². The van der Waals surface area contributed by atoms with E-state index < -0.39 is 0 Å². The van der Waals surface area contributed by atoms with E-state index in [4.69, 9.17) is 0 Å². The summed E-state index contributed by atoms with van der Waals surface area (Å²) in [7, 11) is 0. The molecular formula is C21H30N4O. The SMILES string of the molecule is CCn1cc(CCN2CCC(C(=O)N3CCCC3)CC2)c2cccnc21. The minimum Gasteiger partial charge on any atom is -0.342 e. The van der Waals surface area contributed by atoms with Crippen LogP contribution in [0.3, 0.4) is 0 Å². The molecule has 1 amide bonds. The van der Waals surface area contributed by atoms with Crippen LogP contribution in [-0.4, -0.2) is 58.0 Å². The number of carbonyl (C=O) groups is 1. The number of amides is 1. The largest absolute Gasteiger partial charge is 0.342 e. The molecule has 0 unspecified atom stereocenters. The molecule has 0 N–H and O–H groups in total. The number of hydrogen-bond donors (Lipinski definition) is 0. The van der Waals surface area contributed by atoms with Gasteiger partial charge in [-0.05, 0) is 69.8 Å². The molecule has 2 fully saturated rings. The van der Waals surface area contributed by atoms with Crippen LogP contribution in [-0.2, 0) is 17.8 Å². The van der Waals surface area contributed by atoms with Gasteiger partial charge in [-0.25, -0.2) is 4.98 Å². The first kappa shape index (κ1) is 17.5. The fraction of sp³-hybridized carbons (Fsp3) is 0.619. The molecule has 4 heterocycles. The number of rotatable bonds is 5. The Labute approximate surface area is 156 Å². The standard InChI is InChI=1S/C21H30N4O/c1-2-24-16-18(19-6-5-10-22-20(19)24)9-15-23-13-7-17(8-14-23)21(26)25-11-3-4-12-25/h5-6,10,16-17H,2-4,7-9,11-15H2,1H3. The van der Waals surface area contributed by atoms with Crippen LogP contribution in [0.25, 0.3) is 11.0 Å². The summed E-state index contributed by atoms with van der Waals surface area (Å²) in [6, 6.07) is 4.21. The van der Waals surface area contributed by atoms with Gasteiger partial charge in [0.25, 0.3) is 0 Å². The van der Waals surface area contributed by atoms with Gasteiger partial charge in [0.1, 0.15) is 5.65 Å². The van der Waals surface area contributed by atoms with Crippen molar-refractivity contribution in [2.24, 2.45) is 5.92 Å². The number of fused-ring (bicyclic) bond motifs is 1. The molecule has 140 valence electrons. The molecule has 0 spiro atoms. The van der Waals surface area contributed by atoms with E-state index in [0.717, 1.165) is 64.2 Å². The fourth-order valence-corrected chi connectivity index (χ4v) is 4.51. The predicted octanol–water partition coefficient (Wildman–Crippen LogP) is 2.93. The van der Waals surface area contributed by atoms with Crippen molar-refractivity contribution in [1.82, 2.24) is 19.4 Å². The van der Waals surface area contributed by atoms with Crippen molar-refractivity contribution in [3.8, 4) is 0 Å². The first-order chi connectivity index (χ1) is 12.8. The Morgan fingerprint density at radius 2 is 1.96 bits per heavy atom. The molecule has 0 atom stereocenters. The van der Waals surface area contributed by atoms with Crippen molar-refractivity contribution in [2.75, 3.05) is 32.7 Å². The second kappa shape index (κ2) is 7.78. The van der Waals surface area contributed by atoms with Gasteiger partial charge in [-0.15, -0.1) is 0 Å². The van der Waals surface area contributed by atoms with Gasteiger partial charge < -0.3 is 14.4 Å². The average Bonchev–Trinajstić information content (AvgIpc) is 3.34. The van der Waals surface area contributed by atoms with Gasteiger partial charge in [0, 0.05) is 49.9 Å². The van der Waals surface area contributed by atoms with Crippen LogP contribution in [0, 0.1) is 5.92 Å². The lowest BCUT2D eigenvalue weighted by molar-refractivity contribution is -0.135. The molecule has 2 saturated heterocycles. The number of carbonyl (C=O) groups excluding carboxylic acids is 1. The van der Waals surface area contributed by atoms with Gasteiger partial charge >= 0.3 is 0 Å². The summed E-state index contributed by atoms with van der Waals surface area (Å²) in [4.78, 5) is 21.7. The molecule has 2 aliphatic heterocycles. The quantitative estimate of drug-likeness (QED) is 0.829. The fourth-order valence-electron chi connectivity index (χ4n) is 4.51. The van der Waals surface area contributed by atoms with Gasteiger partial charge in [0.05, 0.1) is 0 Å². The highest BCUT2D eigenvalue weighted by Crippen LogP contribution is 2.24. The van der Waals surface area contributed by atoms with Crippen LogP contribution in [0.2, 0.25) is 0 Å². The maximum Gasteiger partial charge on any atom is 0.225 e. The Morgan fingerprint density at radius 3 is 2.69 bits per heavy atom. The third-order valence-electron chi connectivity index (χ3n) is 6.11. The van der Waals surface area contributed by atoms with Crippen LogP contribution in [0.5, 0.6) is 0 Å². The molecule has 0 bridgehead atoms. The summed E-state index contributed by atoms with van der Waals surface area (Å²) in [5.41, 5.74) is 2.49.